The Bertz CT molecular complexity index is 308. The van der Waals surface area contributed by atoms with Crippen LogP contribution in [0, 0.1) is 0 Å². The van der Waals surface area contributed by atoms with Crippen molar-refractivity contribution in [2.24, 2.45) is 0 Å². The molecule has 0 atom stereocenters. The van der Waals surface area contributed by atoms with E-state index in [9.17, 15) is 0 Å². The van der Waals surface area contributed by atoms with Crippen LogP contribution < -0.4 is 5.32 Å². The molecule has 1 aliphatic rings. The second-order valence-electron chi connectivity index (χ2n) is 3.92. The summed E-state index contributed by atoms with van der Waals surface area (Å²) in [5, 5.41) is 7.20. The summed E-state index contributed by atoms with van der Waals surface area (Å²) in [7, 11) is 1.62. The zero-order valence-electron chi connectivity index (χ0n) is 9.61. The Morgan fingerprint density at radius 1 is 1.44 bits per heavy atom. The molecule has 0 aromatic carbocycles. The van der Waals surface area contributed by atoms with Gasteiger partial charge in [-0.25, -0.2) is 0 Å². The summed E-state index contributed by atoms with van der Waals surface area (Å²) in [5.74, 6) is 1.29. The largest absolute Gasteiger partial charge is 0.377 e. The first-order valence-electron chi connectivity index (χ1n) is 5.62. The Balaban J connectivity index is 1.86. The van der Waals surface area contributed by atoms with Crippen molar-refractivity contribution >= 4 is 0 Å². The molecule has 6 heteroatoms. The van der Waals surface area contributed by atoms with Crippen molar-refractivity contribution in [2.45, 2.75) is 19.6 Å². The van der Waals surface area contributed by atoms with Crippen molar-refractivity contribution in [2.75, 3.05) is 33.3 Å². The summed E-state index contributed by atoms with van der Waals surface area (Å²) in [5.41, 5.74) is 0. The van der Waals surface area contributed by atoms with Crippen molar-refractivity contribution in [3.05, 3.63) is 11.7 Å². The highest BCUT2D eigenvalue weighted by Gasteiger charge is 2.13. The van der Waals surface area contributed by atoms with E-state index in [0.29, 0.717) is 18.3 Å². The van der Waals surface area contributed by atoms with Gasteiger partial charge in [0.05, 0.1) is 6.54 Å². The van der Waals surface area contributed by atoms with Crippen LogP contribution in [0.25, 0.3) is 0 Å². The smallest absolute Gasteiger partial charge is 0.240 e. The third-order valence-electron chi connectivity index (χ3n) is 2.58. The Kier molecular flexibility index (Phi) is 4.26. The molecule has 1 aromatic heterocycles. The maximum atomic E-state index is 5.16. The van der Waals surface area contributed by atoms with Crippen LogP contribution in [0.2, 0.25) is 0 Å². The molecule has 6 nitrogen and oxygen atoms in total. The van der Waals surface area contributed by atoms with Gasteiger partial charge in [-0.1, -0.05) is 5.16 Å². The first-order valence-corrected chi connectivity index (χ1v) is 5.62. The molecule has 1 aromatic rings. The summed E-state index contributed by atoms with van der Waals surface area (Å²) in [6.45, 7) is 5.37. The lowest BCUT2D eigenvalue weighted by Gasteiger charge is -2.16. The van der Waals surface area contributed by atoms with Gasteiger partial charge in [0.1, 0.15) is 6.61 Å². The van der Waals surface area contributed by atoms with Crippen LogP contribution in [0.5, 0.6) is 0 Å². The van der Waals surface area contributed by atoms with E-state index in [4.69, 9.17) is 9.26 Å². The third kappa shape index (κ3) is 3.26. The summed E-state index contributed by atoms with van der Waals surface area (Å²) < 4.78 is 10.1. The lowest BCUT2D eigenvalue weighted by Crippen LogP contribution is -2.27. The van der Waals surface area contributed by atoms with Gasteiger partial charge in [0.25, 0.3) is 0 Å². The molecule has 1 aliphatic heterocycles. The van der Waals surface area contributed by atoms with Crippen molar-refractivity contribution < 1.29 is 9.26 Å². The summed E-state index contributed by atoms with van der Waals surface area (Å²) >= 11 is 0. The van der Waals surface area contributed by atoms with E-state index < -0.39 is 0 Å². The molecular formula is C10H18N4O2. The number of nitrogens with one attached hydrogen (secondary N) is 1. The highest BCUT2D eigenvalue weighted by Crippen LogP contribution is 2.05. The number of hydrogen-bond donors (Lipinski definition) is 1. The minimum absolute atomic E-state index is 0.408. The predicted octanol–water partition coefficient (Wildman–Crippen LogP) is 0.0113. The average Bonchev–Trinajstić information content (AvgIpc) is 2.56. The maximum absolute atomic E-state index is 5.16. The lowest BCUT2D eigenvalue weighted by atomic mass is 10.4. The zero-order chi connectivity index (χ0) is 11.2. The van der Waals surface area contributed by atoms with Gasteiger partial charge in [-0.2, -0.15) is 4.98 Å². The molecule has 1 fully saturated rings. The number of hydrogen-bond acceptors (Lipinski definition) is 6. The summed E-state index contributed by atoms with van der Waals surface area (Å²) in [6.07, 6.45) is 1.17. The Morgan fingerprint density at radius 2 is 2.38 bits per heavy atom. The number of rotatable bonds is 4. The van der Waals surface area contributed by atoms with Crippen LogP contribution >= 0.6 is 0 Å². The molecule has 0 saturated carbocycles. The second-order valence-corrected chi connectivity index (χ2v) is 3.92. The molecule has 1 N–H and O–H groups in total. The molecule has 16 heavy (non-hydrogen) atoms. The van der Waals surface area contributed by atoms with E-state index in [1.807, 2.05) is 0 Å². The number of ether oxygens (including phenoxy) is 1. The molecule has 0 unspecified atom stereocenters. The first kappa shape index (κ1) is 11.5. The normalized spacial score (nSPS) is 18.6. The molecule has 2 heterocycles. The summed E-state index contributed by atoms with van der Waals surface area (Å²) in [4.78, 5) is 6.58. The van der Waals surface area contributed by atoms with Crippen LogP contribution in [0.3, 0.4) is 0 Å². The van der Waals surface area contributed by atoms with E-state index in [0.717, 1.165) is 32.7 Å². The minimum Gasteiger partial charge on any atom is -0.377 e. The van der Waals surface area contributed by atoms with Gasteiger partial charge in [-0.15, -0.1) is 0 Å². The van der Waals surface area contributed by atoms with Gasteiger partial charge in [0.2, 0.25) is 5.89 Å². The van der Waals surface area contributed by atoms with Crippen LogP contribution in [0.4, 0.5) is 0 Å². The van der Waals surface area contributed by atoms with Crippen molar-refractivity contribution in [3.8, 4) is 0 Å². The summed E-state index contributed by atoms with van der Waals surface area (Å²) in [6, 6.07) is 0. The van der Waals surface area contributed by atoms with Gasteiger partial charge in [-0.3, -0.25) is 4.90 Å². The number of aromatic nitrogens is 2. The number of nitrogens with zero attached hydrogens (tertiary/aromatic N) is 3. The Labute approximate surface area is 95.0 Å². The fraction of sp³-hybridized carbons (Fsp3) is 0.800. The van der Waals surface area contributed by atoms with Crippen molar-refractivity contribution in [1.82, 2.24) is 20.4 Å². The van der Waals surface area contributed by atoms with Gasteiger partial charge >= 0.3 is 0 Å². The molecule has 0 amide bonds. The predicted molar refractivity (Wildman–Crippen MR) is 57.8 cm³/mol. The number of methoxy groups -OCH3 is 1. The lowest BCUT2D eigenvalue weighted by molar-refractivity contribution is 0.174. The maximum Gasteiger partial charge on any atom is 0.240 e. The monoisotopic (exact) mass is 226 g/mol. The SMILES string of the molecule is COCc1noc(CN2CCCNCC2)n1. The van der Waals surface area contributed by atoms with Gasteiger partial charge in [0, 0.05) is 20.2 Å². The highest BCUT2D eigenvalue weighted by molar-refractivity contribution is 4.85. The molecule has 2 rings (SSSR count). The fourth-order valence-corrected chi connectivity index (χ4v) is 1.79. The zero-order valence-corrected chi connectivity index (χ0v) is 9.61. The standard InChI is InChI=1S/C10H18N4O2/c1-15-8-9-12-10(16-13-9)7-14-5-2-3-11-4-6-14/h11H,2-8H2,1H3. The molecule has 0 radical (unpaired) electrons. The Hall–Kier alpha value is -0.980. The van der Waals surface area contributed by atoms with Crippen LogP contribution in [-0.4, -0.2) is 48.3 Å². The molecule has 0 bridgehead atoms. The van der Waals surface area contributed by atoms with Gasteiger partial charge in [0.15, 0.2) is 5.82 Å². The van der Waals surface area contributed by atoms with Crippen LogP contribution in [0.15, 0.2) is 4.52 Å². The minimum atomic E-state index is 0.408. The van der Waals surface area contributed by atoms with E-state index in [1.165, 1.54) is 6.42 Å². The fourth-order valence-electron chi connectivity index (χ4n) is 1.79. The molecule has 1 saturated heterocycles. The van der Waals surface area contributed by atoms with Gasteiger partial charge in [-0.05, 0) is 19.5 Å². The topological polar surface area (TPSA) is 63.4 Å². The Morgan fingerprint density at radius 3 is 3.25 bits per heavy atom. The average molecular weight is 226 g/mol. The second kappa shape index (κ2) is 5.93. The van der Waals surface area contributed by atoms with Gasteiger partial charge < -0.3 is 14.6 Å². The van der Waals surface area contributed by atoms with Crippen molar-refractivity contribution in [1.29, 1.82) is 0 Å². The van der Waals surface area contributed by atoms with E-state index in [-0.39, 0.29) is 0 Å². The quantitative estimate of drug-likeness (QED) is 0.780. The third-order valence-corrected chi connectivity index (χ3v) is 2.58. The highest BCUT2D eigenvalue weighted by atomic mass is 16.5. The van der Waals surface area contributed by atoms with E-state index in [1.54, 1.807) is 7.11 Å². The molecule has 0 spiro atoms. The molecular weight excluding hydrogens is 208 g/mol. The van der Waals surface area contributed by atoms with Crippen LogP contribution in [0.1, 0.15) is 18.1 Å². The van der Waals surface area contributed by atoms with Crippen LogP contribution in [-0.2, 0) is 17.9 Å². The van der Waals surface area contributed by atoms with E-state index in [2.05, 4.69) is 20.4 Å². The van der Waals surface area contributed by atoms with E-state index >= 15 is 0 Å². The first-order chi connectivity index (χ1) is 7.88. The molecule has 0 aliphatic carbocycles. The van der Waals surface area contributed by atoms with Crippen molar-refractivity contribution in [3.63, 3.8) is 0 Å². The molecule has 90 valence electrons.